The first-order chi connectivity index (χ1) is 13.4. The molecule has 0 saturated carbocycles. The summed E-state index contributed by atoms with van der Waals surface area (Å²) in [5, 5.41) is 0. The van der Waals surface area contributed by atoms with Crippen LogP contribution >= 0.6 is 22.6 Å². The van der Waals surface area contributed by atoms with E-state index in [4.69, 9.17) is 4.74 Å². The molecule has 0 saturated heterocycles. The smallest absolute Gasteiger partial charge is 0.338 e. The SMILES string of the molecule is CCCCc1cc2cc(C(=O)OC(C)C)ccn2c1C(=O)c1ccc(I)cc1. The highest BCUT2D eigenvalue weighted by atomic mass is 127. The van der Waals surface area contributed by atoms with Crippen LogP contribution in [0.3, 0.4) is 0 Å². The van der Waals surface area contributed by atoms with E-state index in [0.717, 1.165) is 33.9 Å². The van der Waals surface area contributed by atoms with Crippen LogP contribution in [-0.2, 0) is 11.2 Å². The van der Waals surface area contributed by atoms with Gasteiger partial charge in [0, 0.05) is 20.8 Å². The maximum absolute atomic E-state index is 13.3. The molecule has 3 rings (SSSR count). The van der Waals surface area contributed by atoms with Crippen LogP contribution in [-0.4, -0.2) is 22.3 Å². The standard InChI is InChI=1S/C23H24INO3/c1-4-5-6-17-13-20-14-18(23(27)28-15(2)3)11-12-25(20)21(17)22(26)16-7-9-19(24)10-8-16/h7-15H,4-6H2,1-3H3. The minimum Gasteiger partial charge on any atom is -0.459 e. The third kappa shape index (κ3) is 4.46. The van der Waals surface area contributed by atoms with Crippen molar-refractivity contribution in [3.05, 3.63) is 74.6 Å². The highest BCUT2D eigenvalue weighted by Crippen LogP contribution is 2.24. The Balaban J connectivity index is 2.07. The van der Waals surface area contributed by atoms with Gasteiger partial charge in [0.1, 0.15) is 0 Å². The van der Waals surface area contributed by atoms with Crippen LogP contribution in [0.4, 0.5) is 0 Å². The number of hydrogen-bond donors (Lipinski definition) is 0. The van der Waals surface area contributed by atoms with Gasteiger partial charge in [-0.1, -0.05) is 13.3 Å². The Morgan fingerprint density at radius 1 is 1.07 bits per heavy atom. The third-order valence-corrected chi connectivity index (χ3v) is 5.27. The predicted molar refractivity (Wildman–Crippen MR) is 119 cm³/mol. The van der Waals surface area contributed by atoms with Gasteiger partial charge in [-0.2, -0.15) is 0 Å². The van der Waals surface area contributed by atoms with E-state index in [1.165, 1.54) is 0 Å². The van der Waals surface area contributed by atoms with Crippen LogP contribution in [0.2, 0.25) is 0 Å². The number of nitrogens with zero attached hydrogens (tertiary/aromatic N) is 1. The number of carbonyl (C=O) groups is 2. The van der Waals surface area contributed by atoms with Crippen molar-refractivity contribution >= 4 is 39.9 Å². The lowest BCUT2D eigenvalue weighted by Crippen LogP contribution is -2.12. The number of fused-ring (bicyclic) bond motifs is 1. The number of ether oxygens (including phenoxy) is 1. The van der Waals surface area contributed by atoms with E-state index in [1.807, 2.05) is 48.6 Å². The molecule has 0 atom stereocenters. The topological polar surface area (TPSA) is 47.8 Å². The van der Waals surface area contributed by atoms with Gasteiger partial charge >= 0.3 is 5.97 Å². The number of carbonyl (C=O) groups excluding carboxylic acids is 2. The Kier molecular flexibility index (Phi) is 6.54. The van der Waals surface area contributed by atoms with Gasteiger partial charge in [0.2, 0.25) is 5.78 Å². The molecule has 2 aromatic heterocycles. The fourth-order valence-electron chi connectivity index (χ4n) is 3.19. The Hall–Kier alpha value is -2.15. The molecule has 0 bridgehead atoms. The zero-order valence-corrected chi connectivity index (χ0v) is 18.5. The summed E-state index contributed by atoms with van der Waals surface area (Å²) >= 11 is 2.23. The van der Waals surface area contributed by atoms with Crippen molar-refractivity contribution in [3.8, 4) is 0 Å². The van der Waals surface area contributed by atoms with Crippen LogP contribution in [0.1, 0.15) is 65.6 Å². The summed E-state index contributed by atoms with van der Waals surface area (Å²) < 4.78 is 8.28. The number of aryl methyl sites for hydroxylation is 1. The molecule has 2 heterocycles. The number of pyridine rings is 1. The van der Waals surface area contributed by atoms with Gasteiger partial charge in [-0.25, -0.2) is 4.79 Å². The number of benzene rings is 1. The van der Waals surface area contributed by atoms with E-state index < -0.39 is 0 Å². The first-order valence-corrected chi connectivity index (χ1v) is 10.6. The van der Waals surface area contributed by atoms with Crippen LogP contribution in [0.15, 0.2) is 48.7 Å². The quantitative estimate of drug-likeness (QED) is 0.244. The van der Waals surface area contributed by atoms with Gasteiger partial charge in [0.15, 0.2) is 0 Å². The summed E-state index contributed by atoms with van der Waals surface area (Å²) in [6, 6.07) is 13.1. The Morgan fingerprint density at radius 2 is 1.79 bits per heavy atom. The summed E-state index contributed by atoms with van der Waals surface area (Å²) in [5.41, 5.74) is 3.68. The summed E-state index contributed by atoms with van der Waals surface area (Å²) in [4.78, 5) is 25.5. The van der Waals surface area contributed by atoms with Crippen LogP contribution < -0.4 is 0 Å². The van der Waals surface area contributed by atoms with E-state index in [-0.39, 0.29) is 17.9 Å². The number of rotatable bonds is 7. The predicted octanol–water partition coefficient (Wildman–Crippen LogP) is 5.68. The Labute approximate surface area is 179 Å². The average molecular weight is 489 g/mol. The van der Waals surface area contributed by atoms with Crippen molar-refractivity contribution < 1.29 is 14.3 Å². The number of halogens is 1. The molecule has 1 aromatic carbocycles. The van der Waals surface area contributed by atoms with Gasteiger partial charge < -0.3 is 9.14 Å². The summed E-state index contributed by atoms with van der Waals surface area (Å²) in [5.74, 6) is -0.348. The summed E-state index contributed by atoms with van der Waals surface area (Å²) in [6.45, 7) is 5.79. The second-order valence-electron chi connectivity index (χ2n) is 7.12. The lowest BCUT2D eigenvalue weighted by atomic mass is 10.0. The molecule has 146 valence electrons. The van der Waals surface area contributed by atoms with Crippen molar-refractivity contribution in [2.45, 2.75) is 46.1 Å². The van der Waals surface area contributed by atoms with Gasteiger partial charge in [0.25, 0.3) is 0 Å². The molecule has 3 aromatic rings. The zero-order chi connectivity index (χ0) is 20.3. The van der Waals surface area contributed by atoms with Gasteiger partial charge in [-0.3, -0.25) is 4.79 Å². The molecule has 0 amide bonds. The van der Waals surface area contributed by atoms with E-state index in [2.05, 4.69) is 29.5 Å². The van der Waals surface area contributed by atoms with Crippen molar-refractivity contribution in [3.63, 3.8) is 0 Å². The van der Waals surface area contributed by atoms with E-state index >= 15 is 0 Å². The maximum Gasteiger partial charge on any atom is 0.338 e. The molecular formula is C23H24INO3. The van der Waals surface area contributed by atoms with Crippen molar-refractivity contribution in [2.75, 3.05) is 0 Å². The normalized spacial score (nSPS) is 11.2. The van der Waals surface area contributed by atoms with Crippen molar-refractivity contribution in [2.24, 2.45) is 0 Å². The minimum absolute atomic E-state index is 0.00000926. The second kappa shape index (κ2) is 8.90. The molecule has 0 aliphatic carbocycles. The lowest BCUT2D eigenvalue weighted by Gasteiger charge is -2.09. The van der Waals surface area contributed by atoms with Crippen LogP contribution in [0.5, 0.6) is 0 Å². The van der Waals surface area contributed by atoms with E-state index in [0.29, 0.717) is 16.8 Å². The molecule has 0 spiro atoms. The molecule has 0 aliphatic rings. The van der Waals surface area contributed by atoms with E-state index in [1.54, 1.807) is 18.3 Å². The Morgan fingerprint density at radius 3 is 2.43 bits per heavy atom. The highest BCUT2D eigenvalue weighted by Gasteiger charge is 2.20. The monoisotopic (exact) mass is 489 g/mol. The minimum atomic E-state index is -0.348. The molecule has 0 aliphatic heterocycles. The molecule has 0 N–H and O–H groups in total. The second-order valence-corrected chi connectivity index (χ2v) is 8.37. The van der Waals surface area contributed by atoms with Crippen molar-refractivity contribution in [1.29, 1.82) is 0 Å². The fraction of sp³-hybridized carbons (Fsp3) is 0.304. The van der Waals surface area contributed by atoms with Crippen molar-refractivity contribution in [1.82, 2.24) is 4.40 Å². The number of esters is 1. The zero-order valence-electron chi connectivity index (χ0n) is 16.4. The lowest BCUT2D eigenvalue weighted by molar-refractivity contribution is 0.0378. The van der Waals surface area contributed by atoms with Gasteiger partial charge in [-0.05, 0) is 97.3 Å². The molecular weight excluding hydrogens is 465 g/mol. The van der Waals surface area contributed by atoms with Gasteiger partial charge in [0.05, 0.1) is 17.4 Å². The van der Waals surface area contributed by atoms with Gasteiger partial charge in [-0.15, -0.1) is 0 Å². The highest BCUT2D eigenvalue weighted by molar-refractivity contribution is 14.1. The molecule has 0 unspecified atom stereocenters. The number of unbranched alkanes of at least 4 members (excludes halogenated alkanes) is 1. The Bertz CT molecular complexity index is 1000. The first kappa shape index (κ1) is 20.6. The summed E-state index contributed by atoms with van der Waals surface area (Å²) in [6.07, 6.45) is 4.51. The molecule has 0 fully saturated rings. The number of hydrogen-bond acceptors (Lipinski definition) is 3. The summed E-state index contributed by atoms with van der Waals surface area (Å²) in [7, 11) is 0. The largest absolute Gasteiger partial charge is 0.459 e. The number of aromatic nitrogens is 1. The molecule has 28 heavy (non-hydrogen) atoms. The fourth-order valence-corrected chi connectivity index (χ4v) is 3.55. The molecule has 0 radical (unpaired) electrons. The first-order valence-electron chi connectivity index (χ1n) is 9.56. The molecule has 5 heteroatoms. The average Bonchev–Trinajstić information content (AvgIpc) is 3.03. The molecule has 4 nitrogen and oxygen atoms in total. The third-order valence-electron chi connectivity index (χ3n) is 4.55. The number of ketones is 1. The van der Waals surface area contributed by atoms with Crippen LogP contribution in [0, 0.1) is 3.57 Å². The maximum atomic E-state index is 13.3. The van der Waals surface area contributed by atoms with Crippen LogP contribution in [0.25, 0.3) is 5.52 Å². The van der Waals surface area contributed by atoms with E-state index in [9.17, 15) is 9.59 Å².